The van der Waals surface area contributed by atoms with Crippen molar-refractivity contribution in [2.45, 2.75) is 37.9 Å². The van der Waals surface area contributed by atoms with Crippen LogP contribution in [0.15, 0.2) is 87.3 Å². The topological polar surface area (TPSA) is 57.4 Å². The summed E-state index contributed by atoms with van der Waals surface area (Å²) in [5.41, 5.74) is 2.31. The number of allylic oxidation sites excluding steroid dienone is 1. The maximum absolute atomic E-state index is 11.8. The van der Waals surface area contributed by atoms with Crippen LogP contribution in [-0.2, 0) is 11.3 Å². The first-order valence-electron chi connectivity index (χ1n) is 11.0. The summed E-state index contributed by atoms with van der Waals surface area (Å²) < 4.78 is 6.19. The molecule has 0 saturated carbocycles. The van der Waals surface area contributed by atoms with E-state index in [0.29, 0.717) is 23.3 Å². The summed E-state index contributed by atoms with van der Waals surface area (Å²) in [5, 5.41) is 5.88. The van der Waals surface area contributed by atoms with Gasteiger partial charge in [-0.25, -0.2) is 0 Å². The van der Waals surface area contributed by atoms with Crippen molar-refractivity contribution in [3.63, 3.8) is 0 Å². The number of rotatable bonds is 8. The van der Waals surface area contributed by atoms with Crippen molar-refractivity contribution in [2.24, 2.45) is 5.92 Å². The fourth-order valence-corrected chi connectivity index (χ4v) is 5.97. The van der Waals surface area contributed by atoms with Crippen molar-refractivity contribution in [1.82, 2.24) is 10.3 Å². The zero-order chi connectivity index (χ0) is 24.3. The van der Waals surface area contributed by atoms with E-state index >= 15 is 0 Å². The largest absolute Gasteiger partial charge is 0.372 e. The molecule has 178 valence electrons. The van der Waals surface area contributed by atoms with Crippen LogP contribution >= 0.6 is 35.0 Å². The molecule has 0 amide bonds. The molecule has 5 nitrogen and oxygen atoms in total. The summed E-state index contributed by atoms with van der Waals surface area (Å²) in [6.45, 7) is 7.31. The Hall–Kier alpha value is -2.38. The fraction of sp³-hybridized carbons (Fsp3) is 0.269. The standard InChI is InChI=1S/C26H27Cl2N3O2S/c1-17(2)24-25(34-22-12-19(27)11-20(28)13-22)31(21-9-10-23(32)29-14-21)26(3,30-24)16-33-15-18-7-5-4-6-8-18/h4-14,17,30H,15-16H2,1-3H3,(H,29,32). The number of aromatic amines is 1. The van der Waals surface area contributed by atoms with Crippen LogP contribution < -0.4 is 15.8 Å². The first kappa shape index (κ1) is 24.7. The van der Waals surface area contributed by atoms with Gasteiger partial charge in [-0.15, -0.1) is 0 Å². The van der Waals surface area contributed by atoms with Crippen LogP contribution in [0.3, 0.4) is 0 Å². The fourth-order valence-electron chi connectivity index (χ4n) is 3.92. The molecule has 1 aromatic heterocycles. The predicted octanol–water partition coefficient (Wildman–Crippen LogP) is 6.64. The third kappa shape index (κ3) is 5.63. The van der Waals surface area contributed by atoms with Crippen LogP contribution in [-0.4, -0.2) is 17.3 Å². The van der Waals surface area contributed by atoms with Crippen molar-refractivity contribution in [1.29, 1.82) is 0 Å². The van der Waals surface area contributed by atoms with Gasteiger partial charge in [-0.2, -0.15) is 0 Å². The van der Waals surface area contributed by atoms with Crippen LogP contribution in [0, 0.1) is 5.92 Å². The molecule has 4 rings (SSSR count). The Morgan fingerprint density at radius 2 is 1.76 bits per heavy atom. The predicted molar refractivity (Wildman–Crippen MR) is 141 cm³/mol. The molecule has 0 spiro atoms. The zero-order valence-electron chi connectivity index (χ0n) is 19.3. The zero-order valence-corrected chi connectivity index (χ0v) is 21.6. The van der Waals surface area contributed by atoms with Crippen molar-refractivity contribution in [2.75, 3.05) is 11.5 Å². The minimum atomic E-state index is -0.586. The maximum atomic E-state index is 11.8. The number of hydrogen-bond acceptors (Lipinski definition) is 5. The van der Waals surface area contributed by atoms with E-state index in [0.717, 1.165) is 26.9 Å². The highest BCUT2D eigenvalue weighted by molar-refractivity contribution is 8.03. The average Bonchev–Trinajstić information content (AvgIpc) is 3.07. The molecule has 1 aliphatic heterocycles. The minimum absolute atomic E-state index is 0.151. The lowest BCUT2D eigenvalue weighted by Gasteiger charge is -2.38. The summed E-state index contributed by atoms with van der Waals surface area (Å²) >= 11 is 14.2. The van der Waals surface area contributed by atoms with E-state index in [4.69, 9.17) is 27.9 Å². The van der Waals surface area contributed by atoms with Gasteiger partial charge >= 0.3 is 0 Å². The number of ether oxygens (including phenoxy) is 1. The van der Waals surface area contributed by atoms with Crippen LogP contribution in [0.4, 0.5) is 5.69 Å². The van der Waals surface area contributed by atoms with E-state index in [1.54, 1.807) is 24.0 Å². The van der Waals surface area contributed by atoms with Crippen LogP contribution in [0.5, 0.6) is 0 Å². The second-order valence-electron chi connectivity index (χ2n) is 8.70. The molecule has 0 radical (unpaired) electrons. The summed E-state index contributed by atoms with van der Waals surface area (Å²) in [5.74, 6) is 0.221. The average molecular weight is 516 g/mol. The van der Waals surface area contributed by atoms with E-state index in [-0.39, 0.29) is 11.5 Å². The van der Waals surface area contributed by atoms with Gasteiger partial charge in [0.2, 0.25) is 5.56 Å². The van der Waals surface area contributed by atoms with E-state index in [1.165, 1.54) is 6.07 Å². The Balaban J connectivity index is 1.70. The summed E-state index contributed by atoms with van der Waals surface area (Å²) in [4.78, 5) is 17.7. The first-order chi connectivity index (χ1) is 16.2. The Bertz CT molecular complexity index is 1210. The monoisotopic (exact) mass is 515 g/mol. The van der Waals surface area contributed by atoms with Gasteiger partial charge in [0, 0.05) is 32.9 Å². The van der Waals surface area contributed by atoms with E-state index in [2.05, 4.69) is 36.0 Å². The molecular weight excluding hydrogens is 489 g/mol. The number of pyridine rings is 1. The smallest absolute Gasteiger partial charge is 0.248 e. The molecule has 3 aromatic rings. The third-order valence-electron chi connectivity index (χ3n) is 5.48. The molecule has 1 atom stereocenters. The van der Waals surface area contributed by atoms with Crippen LogP contribution in [0.25, 0.3) is 0 Å². The van der Waals surface area contributed by atoms with Gasteiger partial charge in [-0.3, -0.25) is 4.79 Å². The van der Waals surface area contributed by atoms with E-state index < -0.39 is 5.66 Å². The Morgan fingerprint density at radius 1 is 1.06 bits per heavy atom. The van der Waals surface area contributed by atoms with Crippen LogP contribution in [0.1, 0.15) is 26.3 Å². The number of hydrogen-bond donors (Lipinski definition) is 2. The maximum Gasteiger partial charge on any atom is 0.248 e. The summed E-state index contributed by atoms with van der Waals surface area (Å²) in [6, 6.07) is 19.0. The van der Waals surface area contributed by atoms with Crippen molar-refractivity contribution in [3.05, 3.63) is 104 Å². The molecule has 34 heavy (non-hydrogen) atoms. The summed E-state index contributed by atoms with van der Waals surface area (Å²) in [7, 11) is 0. The number of halogens is 2. The normalized spacial score (nSPS) is 18.0. The molecule has 2 heterocycles. The Labute approximate surface area is 214 Å². The van der Waals surface area contributed by atoms with Crippen molar-refractivity contribution >= 4 is 40.7 Å². The molecule has 8 heteroatoms. The Kier molecular flexibility index (Phi) is 7.63. The quantitative estimate of drug-likeness (QED) is 0.352. The van der Waals surface area contributed by atoms with Gasteiger partial charge in [0.25, 0.3) is 0 Å². The molecule has 1 aliphatic rings. The van der Waals surface area contributed by atoms with Gasteiger partial charge in [-0.05, 0) is 42.7 Å². The van der Waals surface area contributed by atoms with Gasteiger partial charge in [-0.1, -0.05) is 79.1 Å². The SMILES string of the molecule is CC(C)C1=C(Sc2cc(Cl)cc(Cl)c2)N(c2ccc(=O)[nH]c2)C(C)(COCc2ccccc2)N1. The first-order valence-corrected chi connectivity index (χ1v) is 12.6. The number of anilines is 1. The number of nitrogens with zero attached hydrogens (tertiary/aromatic N) is 1. The van der Waals surface area contributed by atoms with Gasteiger partial charge < -0.3 is 19.9 Å². The molecule has 0 bridgehead atoms. The Morgan fingerprint density at radius 3 is 2.38 bits per heavy atom. The van der Waals surface area contributed by atoms with E-state index in [9.17, 15) is 4.79 Å². The second kappa shape index (κ2) is 10.5. The lowest BCUT2D eigenvalue weighted by molar-refractivity contribution is 0.0727. The van der Waals surface area contributed by atoms with Crippen molar-refractivity contribution in [3.8, 4) is 0 Å². The molecular formula is C26H27Cl2N3O2S. The molecule has 2 aromatic carbocycles. The lowest BCUT2D eigenvalue weighted by Crippen LogP contribution is -2.54. The molecule has 0 fully saturated rings. The molecule has 0 aliphatic carbocycles. The highest BCUT2D eigenvalue weighted by Gasteiger charge is 2.43. The number of nitrogens with one attached hydrogen (secondary N) is 2. The number of aromatic nitrogens is 1. The molecule has 2 N–H and O–H groups in total. The third-order valence-corrected chi connectivity index (χ3v) is 6.98. The van der Waals surface area contributed by atoms with Crippen molar-refractivity contribution < 1.29 is 4.74 Å². The summed E-state index contributed by atoms with van der Waals surface area (Å²) in [6.07, 6.45) is 1.73. The van der Waals surface area contributed by atoms with Gasteiger partial charge in [0.1, 0.15) is 10.7 Å². The van der Waals surface area contributed by atoms with Crippen LogP contribution in [0.2, 0.25) is 10.0 Å². The highest BCUT2D eigenvalue weighted by Crippen LogP contribution is 2.45. The lowest BCUT2D eigenvalue weighted by atomic mass is 10.1. The van der Waals surface area contributed by atoms with Gasteiger partial charge in [0.15, 0.2) is 0 Å². The minimum Gasteiger partial charge on any atom is -0.372 e. The van der Waals surface area contributed by atoms with Gasteiger partial charge in [0.05, 0.1) is 18.9 Å². The molecule has 1 unspecified atom stereocenters. The van der Waals surface area contributed by atoms with E-state index in [1.807, 2.05) is 48.5 Å². The number of thioether (sulfide) groups is 1. The highest BCUT2D eigenvalue weighted by atomic mass is 35.5. The number of benzene rings is 2. The number of H-pyrrole nitrogens is 1. The second-order valence-corrected chi connectivity index (χ2v) is 10.6. The molecule has 0 saturated heterocycles.